The number of pyridine rings is 2. The molecule has 1 aromatic carbocycles. The molecule has 1 aliphatic rings. The Labute approximate surface area is 181 Å². The summed E-state index contributed by atoms with van der Waals surface area (Å²) >= 11 is 6.68. The van der Waals surface area contributed by atoms with Crippen molar-refractivity contribution in [1.29, 1.82) is 0 Å². The summed E-state index contributed by atoms with van der Waals surface area (Å²) in [5.41, 5.74) is 11.5. The zero-order valence-electron chi connectivity index (χ0n) is 16.1. The van der Waals surface area contributed by atoms with Crippen LogP contribution in [0.15, 0.2) is 73.2 Å². The molecule has 0 radical (unpaired) electrons. The Morgan fingerprint density at radius 1 is 0.968 bits per heavy atom. The molecule has 2 N–H and O–H groups in total. The molecule has 7 nitrogen and oxygen atoms in total. The van der Waals surface area contributed by atoms with Crippen LogP contribution >= 0.6 is 11.6 Å². The van der Waals surface area contributed by atoms with Crippen LogP contribution in [0.1, 0.15) is 0 Å². The molecule has 0 atom stereocenters. The van der Waals surface area contributed by atoms with Gasteiger partial charge in [-0.3, -0.25) is 4.98 Å². The van der Waals surface area contributed by atoms with Crippen molar-refractivity contribution in [2.45, 2.75) is 0 Å². The summed E-state index contributed by atoms with van der Waals surface area (Å²) in [6.45, 7) is 0. The van der Waals surface area contributed by atoms with Gasteiger partial charge >= 0.3 is 0 Å². The van der Waals surface area contributed by atoms with Crippen LogP contribution in [0.3, 0.4) is 0 Å². The number of halogens is 1. The van der Waals surface area contributed by atoms with Crippen molar-refractivity contribution >= 4 is 45.1 Å². The Morgan fingerprint density at radius 3 is 2.65 bits per heavy atom. The zero-order valence-corrected chi connectivity index (χ0v) is 16.8. The number of hydrogen-bond donors (Lipinski definition) is 1. The summed E-state index contributed by atoms with van der Waals surface area (Å²) in [6.07, 6.45) is 9.04. The fourth-order valence-electron chi connectivity index (χ4n) is 3.65. The number of benzene rings is 1. The van der Waals surface area contributed by atoms with Gasteiger partial charge in [0.2, 0.25) is 0 Å². The van der Waals surface area contributed by atoms with Gasteiger partial charge in [0, 0.05) is 17.1 Å². The highest BCUT2D eigenvalue weighted by atomic mass is 35.5. The minimum atomic E-state index is 0.349. The van der Waals surface area contributed by atoms with Gasteiger partial charge in [0.15, 0.2) is 5.65 Å². The van der Waals surface area contributed by atoms with E-state index in [4.69, 9.17) is 27.4 Å². The highest BCUT2D eigenvalue weighted by Crippen LogP contribution is 2.38. The lowest BCUT2D eigenvalue weighted by Gasteiger charge is -2.08. The van der Waals surface area contributed by atoms with Crippen molar-refractivity contribution in [3.8, 4) is 22.6 Å². The number of hydrogen-bond acceptors (Lipinski definition) is 6. The van der Waals surface area contributed by atoms with E-state index in [2.05, 4.69) is 15.0 Å². The van der Waals surface area contributed by atoms with Gasteiger partial charge in [-0.05, 0) is 42.5 Å². The second-order valence-electron chi connectivity index (χ2n) is 7.10. The lowest BCUT2D eigenvalue weighted by molar-refractivity contribution is 0.923. The number of nitrogens with zero attached hydrogens (tertiary/aromatic N) is 6. The first-order valence-corrected chi connectivity index (χ1v) is 9.97. The molecule has 148 valence electrons. The van der Waals surface area contributed by atoms with Crippen LogP contribution in [0.4, 0.5) is 5.82 Å². The van der Waals surface area contributed by atoms with Crippen molar-refractivity contribution < 1.29 is 0 Å². The van der Waals surface area contributed by atoms with Crippen LogP contribution in [-0.2, 0) is 0 Å². The summed E-state index contributed by atoms with van der Waals surface area (Å²) in [4.78, 5) is 17.8. The van der Waals surface area contributed by atoms with E-state index in [9.17, 15) is 0 Å². The van der Waals surface area contributed by atoms with E-state index in [1.807, 2.05) is 60.7 Å². The van der Waals surface area contributed by atoms with Crippen LogP contribution in [0.2, 0.25) is 5.02 Å². The second-order valence-corrected chi connectivity index (χ2v) is 7.51. The predicted octanol–water partition coefficient (Wildman–Crippen LogP) is 4.75. The second kappa shape index (κ2) is 6.72. The van der Waals surface area contributed by atoms with Gasteiger partial charge in [-0.25, -0.2) is 19.6 Å². The molecular weight excluding hydrogens is 410 g/mol. The molecule has 5 aromatic rings. The molecule has 0 unspecified atom stereocenters. The van der Waals surface area contributed by atoms with Gasteiger partial charge in [0.25, 0.3) is 0 Å². The van der Waals surface area contributed by atoms with Gasteiger partial charge in [-0.2, -0.15) is 5.10 Å². The monoisotopic (exact) mass is 423 g/mol. The molecular formula is C23H14ClN7. The molecule has 6 rings (SSSR count). The number of fused-ring (bicyclic) bond motifs is 2. The first kappa shape index (κ1) is 17.7. The Bertz CT molecular complexity index is 1550. The average molecular weight is 424 g/mol. The minimum absolute atomic E-state index is 0.349. The maximum absolute atomic E-state index is 6.68. The van der Waals surface area contributed by atoms with Crippen molar-refractivity contribution in [1.82, 2.24) is 29.7 Å². The average Bonchev–Trinajstić information content (AvgIpc) is 3.12. The third-order valence-corrected chi connectivity index (χ3v) is 5.55. The lowest BCUT2D eigenvalue weighted by Crippen LogP contribution is -2.02. The van der Waals surface area contributed by atoms with Gasteiger partial charge in [-0.15, -0.1) is 0 Å². The fourth-order valence-corrected chi connectivity index (χ4v) is 3.91. The number of anilines is 1. The third kappa shape index (κ3) is 2.78. The number of nitrogen functional groups attached to an aromatic ring is 1. The maximum atomic E-state index is 6.68. The van der Waals surface area contributed by atoms with Crippen LogP contribution < -0.4 is 5.73 Å². The molecule has 0 spiro atoms. The van der Waals surface area contributed by atoms with E-state index in [0.717, 1.165) is 28.0 Å². The summed E-state index contributed by atoms with van der Waals surface area (Å²) < 4.78 is 1.75. The highest BCUT2D eigenvalue weighted by molar-refractivity contribution is 6.34. The lowest BCUT2D eigenvalue weighted by atomic mass is 10.1. The molecule has 0 bridgehead atoms. The van der Waals surface area contributed by atoms with E-state index in [1.54, 1.807) is 10.9 Å². The van der Waals surface area contributed by atoms with Gasteiger partial charge < -0.3 is 5.73 Å². The first-order chi connectivity index (χ1) is 15.2. The molecule has 0 fully saturated rings. The predicted molar refractivity (Wildman–Crippen MR) is 122 cm³/mol. The Kier molecular flexibility index (Phi) is 3.84. The summed E-state index contributed by atoms with van der Waals surface area (Å²) in [5.74, 6) is 0.349. The Balaban J connectivity index is 1.59. The molecule has 0 saturated carbocycles. The van der Waals surface area contributed by atoms with Crippen molar-refractivity contribution in [3.63, 3.8) is 0 Å². The minimum Gasteiger partial charge on any atom is -0.383 e. The smallest absolute Gasteiger partial charge is 0.169 e. The zero-order chi connectivity index (χ0) is 20.9. The van der Waals surface area contributed by atoms with Crippen molar-refractivity contribution in [2.24, 2.45) is 0 Å². The molecule has 8 heteroatoms. The third-order valence-electron chi connectivity index (χ3n) is 5.23. The van der Waals surface area contributed by atoms with Crippen LogP contribution in [0, 0.1) is 0 Å². The van der Waals surface area contributed by atoms with E-state index in [-0.39, 0.29) is 0 Å². The van der Waals surface area contributed by atoms with Crippen LogP contribution in [-0.4, -0.2) is 29.7 Å². The molecule has 0 aliphatic heterocycles. The molecule has 31 heavy (non-hydrogen) atoms. The largest absolute Gasteiger partial charge is 0.383 e. The van der Waals surface area contributed by atoms with Gasteiger partial charge in [0.05, 0.1) is 33.0 Å². The number of nitrogens with two attached hydrogens (primary N) is 1. The molecule has 0 saturated heterocycles. The topological polar surface area (TPSA) is 95.4 Å². The van der Waals surface area contributed by atoms with Gasteiger partial charge in [0.1, 0.15) is 17.8 Å². The summed E-state index contributed by atoms with van der Waals surface area (Å²) in [6, 6.07) is 13.5. The van der Waals surface area contributed by atoms with E-state index >= 15 is 0 Å². The van der Waals surface area contributed by atoms with Crippen molar-refractivity contribution in [2.75, 3.05) is 5.73 Å². The fraction of sp³-hybridized carbons (Fsp3) is 0. The SMILES string of the molecule is Nc1ncnc2c1c(-c1cc3nc(-c4ccccn4)ccc3cc1Cl)nn2C1=CC=C1. The highest BCUT2D eigenvalue weighted by Gasteiger charge is 2.21. The Morgan fingerprint density at radius 2 is 1.87 bits per heavy atom. The normalized spacial score (nSPS) is 12.9. The molecule has 4 aromatic heterocycles. The maximum Gasteiger partial charge on any atom is 0.169 e. The number of aromatic nitrogens is 6. The van der Waals surface area contributed by atoms with E-state index < -0.39 is 0 Å². The first-order valence-electron chi connectivity index (χ1n) is 9.59. The Hall–Kier alpha value is -4.10. The molecule has 1 aliphatic carbocycles. The van der Waals surface area contributed by atoms with Crippen LogP contribution in [0.25, 0.3) is 50.3 Å². The number of allylic oxidation sites excluding steroid dienone is 4. The number of rotatable bonds is 3. The summed E-state index contributed by atoms with van der Waals surface area (Å²) in [7, 11) is 0. The molecule has 4 heterocycles. The van der Waals surface area contributed by atoms with E-state index in [0.29, 0.717) is 33.1 Å². The van der Waals surface area contributed by atoms with Crippen LogP contribution in [0.5, 0.6) is 0 Å². The quantitative estimate of drug-likeness (QED) is 0.450. The molecule has 0 amide bonds. The van der Waals surface area contributed by atoms with Crippen molar-refractivity contribution in [3.05, 3.63) is 78.2 Å². The van der Waals surface area contributed by atoms with E-state index in [1.165, 1.54) is 6.33 Å². The standard InChI is InChI=1S/C23H14ClN7/c24-16-10-13-7-8-18(17-6-1-2-9-26-17)29-19(13)11-15(16)21-20-22(25)27-12-28-23(20)31(30-21)14-4-3-5-14/h1-12H,(H2,25,27,28). The summed E-state index contributed by atoms with van der Waals surface area (Å²) in [5, 5.41) is 6.91. The van der Waals surface area contributed by atoms with Gasteiger partial charge in [-0.1, -0.05) is 29.8 Å².